The maximum Gasteiger partial charge on any atom is 0.328 e. The van der Waals surface area contributed by atoms with E-state index in [0.717, 1.165) is 16.5 Å². The fraction of sp³-hybridized carbons (Fsp3) is 0.227. The van der Waals surface area contributed by atoms with Crippen molar-refractivity contribution < 1.29 is 28.6 Å². The number of hydrogen-bond donors (Lipinski definition) is 3. The predicted octanol–water partition coefficient (Wildman–Crippen LogP) is 1.53. The first-order chi connectivity index (χ1) is 15.0. The number of methoxy groups -OCH3 is 1. The van der Waals surface area contributed by atoms with E-state index in [1.165, 1.54) is 7.11 Å². The molecule has 0 saturated heterocycles. The molecule has 0 bridgehead atoms. The number of H-pyrrole nitrogens is 1. The lowest BCUT2D eigenvalue weighted by molar-refractivity contribution is -0.144. The van der Waals surface area contributed by atoms with Gasteiger partial charge >= 0.3 is 5.97 Å². The molecule has 9 nitrogen and oxygen atoms in total. The van der Waals surface area contributed by atoms with Crippen molar-refractivity contribution in [1.29, 1.82) is 0 Å². The zero-order chi connectivity index (χ0) is 21.8. The van der Waals surface area contributed by atoms with Crippen LogP contribution >= 0.6 is 0 Å². The van der Waals surface area contributed by atoms with Gasteiger partial charge < -0.3 is 29.8 Å². The zero-order valence-electron chi connectivity index (χ0n) is 16.8. The quantitative estimate of drug-likeness (QED) is 0.496. The van der Waals surface area contributed by atoms with Gasteiger partial charge in [0.25, 0.3) is 5.91 Å². The van der Waals surface area contributed by atoms with E-state index in [1.807, 2.05) is 24.3 Å². The summed E-state index contributed by atoms with van der Waals surface area (Å²) in [5.74, 6) is -0.487. The number of aromatic nitrogens is 1. The monoisotopic (exact) mass is 423 g/mol. The van der Waals surface area contributed by atoms with Crippen LogP contribution in [0.4, 0.5) is 0 Å². The summed E-state index contributed by atoms with van der Waals surface area (Å²) in [7, 11) is 1.26. The highest BCUT2D eigenvalue weighted by atomic mass is 16.7. The number of carbonyl (C=O) groups is 3. The third-order valence-electron chi connectivity index (χ3n) is 4.96. The van der Waals surface area contributed by atoms with E-state index in [9.17, 15) is 14.4 Å². The van der Waals surface area contributed by atoms with Gasteiger partial charge in [0.2, 0.25) is 12.7 Å². The zero-order valence-corrected chi connectivity index (χ0v) is 16.8. The maximum absolute atomic E-state index is 12.4. The Balaban J connectivity index is 1.37. The van der Waals surface area contributed by atoms with Crippen LogP contribution in [-0.4, -0.2) is 49.3 Å². The van der Waals surface area contributed by atoms with Gasteiger partial charge in [-0.15, -0.1) is 0 Å². The van der Waals surface area contributed by atoms with Gasteiger partial charge in [0.1, 0.15) is 6.04 Å². The van der Waals surface area contributed by atoms with Gasteiger partial charge in [-0.1, -0.05) is 18.2 Å². The second-order valence-electron chi connectivity index (χ2n) is 6.96. The Hall–Kier alpha value is -4.01. The van der Waals surface area contributed by atoms with Gasteiger partial charge in [0.05, 0.1) is 13.7 Å². The fourth-order valence-corrected chi connectivity index (χ4v) is 3.40. The SMILES string of the molecule is COC(=O)[C@@H](Cc1c[nH]c2ccccc12)NC(=O)CNC(=O)c1ccc2c(c1)OCO2. The molecule has 3 aromatic rings. The fourth-order valence-electron chi connectivity index (χ4n) is 3.40. The third-order valence-corrected chi connectivity index (χ3v) is 4.96. The molecule has 2 heterocycles. The largest absolute Gasteiger partial charge is 0.467 e. The first kappa shape index (κ1) is 20.3. The molecule has 2 aromatic carbocycles. The number of fused-ring (bicyclic) bond motifs is 2. The molecule has 0 aliphatic carbocycles. The van der Waals surface area contributed by atoms with Crippen LogP contribution in [0.25, 0.3) is 10.9 Å². The van der Waals surface area contributed by atoms with E-state index in [2.05, 4.69) is 15.6 Å². The highest BCUT2D eigenvalue weighted by Gasteiger charge is 2.24. The first-order valence-electron chi connectivity index (χ1n) is 9.65. The van der Waals surface area contributed by atoms with Crippen molar-refractivity contribution in [2.45, 2.75) is 12.5 Å². The van der Waals surface area contributed by atoms with Crippen LogP contribution in [0.1, 0.15) is 15.9 Å². The molecular weight excluding hydrogens is 402 g/mol. The van der Waals surface area contributed by atoms with Crippen LogP contribution in [-0.2, 0) is 20.7 Å². The molecule has 0 saturated carbocycles. The summed E-state index contributed by atoms with van der Waals surface area (Å²) in [4.78, 5) is 40.1. The Morgan fingerprint density at radius 1 is 1.13 bits per heavy atom. The summed E-state index contributed by atoms with van der Waals surface area (Å²) >= 11 is 0. The Morgan fingerprint density at radius 2 is 1.94 bits per heavy atom. The van der Waals surface area contributed by atoms with E-state index >= 15 is 0 Å². The number of carbonyl (C=O) groups excluding carboxylic acids is 3. The van der Waals surface area contributed by atoms with Crippen molar-refractivity contribution in [2.24, 2.45) is 0 Å². The maximum atomic E-state index is 12.4. The number of benzene rings is 2. The van der Waals surface area contributed by atoms with Crippen LogP contribution in [0.2, 0.25) is 0 Å². The number of amides is 2. The van der Waals surface area contributed by atoms with Crippen LogP contribution < -0.4 is 20.1 Å². The molecular formula is C22H21N3O6. The summed E-state index contributed by atoms with van der Waals surface area (Å²) < 4.78 is 15.3. The van der Waals surface area contributed by atoms with Crippen molar-refractivity contribution in [3.05, 3.63) is 59.8 Å². The number of esters is 1. The van der Waals surface area contributed by atoms with Gasteiger partial charge in [-0.2, -0.15) is 0 Å². The van der Waals surface area contributed by atoms with Crippen molar-refractivity contribution in [2.75, 3.05) is 20.4 Å². The average molecular weight is 423 g/mol. The topological polar surface area (TPSA) is 119 Å². The van der Waals surface area contributed by atoms with Crippen LogP contribution in [0, 0.1) is 0 Å². The Kier molecular flexibility index (Phi) is 5.74. The minimum atomic E-state index is -0.890. The highest BCUT2D eigenvalue weighted by Crippen LogP contribution is 2.32. The smallest absolute Gasteiger partial charge is 0.328 e. The van der Waals surface area contributed by atoms with Crippen molar-refractivity contribution >= 4 is 28.7 Å². The number of hydrogen-bond acceptors (Lipinski definition) is 6. The molecule has 4 rings (SSSR count). The minimum Gasteiger partial charge on any atom is -0.467 e. The molecule has 31 heavy (non-hydrogen) atoms. The van der Waals surface area contributed by atoms with E-state index in [4.69, 9.17) is 14.2 Å². The molecule has 1 aliphatic heterocycles. The van der Waals surface area contributed by atoms with Gasteiger partial charge in [-0.3, -0.25) is 9.59 Å². The van der Waals surface area contributed by atoms with E-state index in [0.29, 0.717) is 17.1 Å². The number of aromatic amines is 1. The van der Waals surface area contributed by atoms with Crippen LogP contribution in [0.3, 0.4) is 0 Å². The number of ether oxygens (including phenoxy) is 3. The lowest BCUT2D eigenvalue weighted by Crippen LogP contribution is -2.47. The summed E-state index contributed by atoms with van der Waals surface area (Å²) in [5, 5.41) is 6.13. The standard InChI is InChI=1S/C22H21N3O6/c1-29-22(28)17(8-14-10-23-16-5-3-2-4-15(14)16)25-20(26)11-24-21(27)13-6-7-18-19(9-13)31-12-30-18/h2-7,9-10,17,23H,8,11-12H2,1H3,(H,24,27)(H,25,26)/t17-/m1/s1. The molecule has 3 N–H and O–H groups in total. The summed E-state index contributed by atoms with van der Waals surface area (Å²) in [6.07, 6.45) is 2.05. The van der Waals surface area contributed by atoms with Crippen molar-refractivity contribution in [3.8, 4) is 11.5 Å². The Morgan fingerprint density at radius 3 is 2.77 bits per heavy atom. The third kappa shape index (κ3) is 4.45. The van der Waals surface area contributed by atoms with Crippen molar-refractivity contribution in [1.82, 2.24) is 15.6 Å². The van der Waals surface area contributed by atoms with Gasteiger partial charge in [-0.05, 0) is 29.8 Å². The van der Waals surface area contributed by atoms with Crippen molar-refractivity contribution in [3.63, 3.8) is 0 Å². The van der Waals surface area contributed by atoms with E-state index in [-0.39, 0.29) is 19.8 Å². The van der Waals surface area contributed by atoms with Gasteiger partial charge in [0.15, 0.2) is 11.5 Å². The molecule has 0 spiro atoms. The van der Waals surface area contributed by atoms with Crippen LogP contribution in [0.15, 0.2) is 48.7 Å². The summed E-state index contributed by atoms with van der Waals surface area (Å²) in [6, 6.07) is 11.5. The lowest BCUT2D eigenvalue weighted by Gasteiger charge is -2.16. The second kappa shape index (κ2) is 8.78. The predicted molar refractivity (Wildman–Crippen MR) is 111 cm³/mol. The molecule has 1 atom stereocenters. The van der Waals surface area contributed by atoms with E-state index in [1.54, 1.807) is 24.4 Å². The number of nitrogens with one attached hydrogen (secondary N) is 3. The van der Waals surface area contributed by atoms with Gasteiger partial charge in [-0.25, -0.2) is 4.79 Å². The second-order valence-corrected chi connectivity index (χ2v) is 6.96. The minimum absolute atomic E-state index is 0.105. The Bertz CT molecular complexity index is 1140. The molecule has 0 fully saturated rings. The molecule has 1 aromatic heterocycles. The molecule has 1 aliphatic rings. The molecule has 9 heteroatoms. The number of rotatable bonds is 7. The Labute approximate surface area is 177 Å². The molecule has 0 radical (unpaired) electrons. The van der Waals surface area contributed by atoms with Crippen LogP contribution in [0.5, 0.6) is 11.5 Å². The molecule has 2 amide bonds. The number of para-hydroxylation sites is 1. The highest BCUT2D eigenvalue weighted by molar-refractivity contribution is 5.97. The molecule has 160 valence electrons. The molecule has 0 unspecified atom stereocenters. The van der Waals surface area contributed by atoms with E-state index < -0.39 is 23.8 Å². The normalized spacial score (nSPS) is 12.9. The average Bonchev–Trinajstić information content (AvgIpc) is 3.43. The van der Waals surface area contributed by atoms with Gasteiger partial charge in [0, 0.05) is 29.1 Å². The summed E-state index contributed by atoms with van der Waals surface area (Å²) in [6.45, 7) is -0.192. The lowest BCUT2D eigenvalue weighted by atomic mass is 10.0. The summed E-state index contributed by atoms with van der Waals surface area (Å²) in [5.41, 5.74) is 2.14. The first-order valence-corrected chi connectivity index (χ1v) is 9.65.